The van der Waals surface area contributed by atoms with E-state index in [2.05, 4.69) is 0 Å². The van der Waals surface area contributed by atoms with Crippen molar-refractivity contribution in [1.29, 1.82) is 0 Å². The molecule has 0 saturated carbocycles. The van der Waals surface area contributed by atoms with Gasteiger partial charge in [0, 0.05) is 0 Å². The van der Waals surface area contributed by atoms with E-state index >= 15 is 0 Å². The molecule has 2 atom stereocenters. The zero-order valence-electron chi connectivity index (χ0n) is 10.5. The van der Waals surface area contributed by atoms with Crippen LogP contribution in [0.4, 0.5) is 0 Å². The molecule has 18 heavy (non-hydrogen) atoms. The first-order chi connectivity index (χ1) is 8.38. The third kappa shape index (κ3) is 2.80. The maximum Gasteiger partial charge on any atom is 0.310 e. The Balaban J connectivity index is 3.33. The van der Waals surface area contributed by atoms with Crippen LogP contribution in [0.5, 0.6) is 5.75 Å². The predicted molar refractivity (Wildman–Crippen MR) is 65.1 cm³/mol. The van der Waals surface area contributed by atoms with E-state index in [9.17, 15) is 9.59 Å². The molecule has 0 amide bonds. The molecular formula is C13H16O5. The van der Waals surface area contributed by atoms with Crippen LogP contribution >= 0.6 is 0 Å². The molecule has 0 aliphatic rings. The Labute approximate surface area is 105 Å². The summed E-state index contributed by atoms with van der Waals surface area (Å²) >= 11 is 0. The van der Waals surface area contributed by atoms with Gasteiger partial charge in [-0.1, -0.05) is 6.07 Å². The molecule has 2 N–H and O–H groups in total. The second-order valence-electron chi connectivity index (χ2n) is 4.11. The van der Waals surface area contributed by atoms with Gasteiger partial charge in [0.25, 0.3) is 0 Å². The summed E-state index contributed by atoms with van der Waals surface area (Å²) in [4.78, 5) is 22.1. The van der Waals surface area contributed by atoms with Crippen molar-refractivity contribution in [2.45, 2.75) is 25.7 Å². The molecule has 0 spiro atoms. The third-order valence-electron chi connectivity index (χ3n) is 2.97. The van der Waals surface area contributed by atoms with Crippen LogP contribution in [0.2, 0.25) is 0 Å². The average molecular weight is 252 g/mol. The van der Waals surface area contributed by atoms with Crippen molar-refractivity contribution in [3.63, 3.8) is 0 Å². The minimum absolute atomic E-state index is 0.469. The highest BCUT2D eigenvalue weighted by atomic mass is 16.5. The summed E-state index contributed by atoms with van der Waals surface area (Å²) in [7, 11) is 1.48. The quantitative estimate of drug-likeness (QED) is 0.838. The Bertz CT molecular complexity index is 466. The Morgan fingerprint density at radius 1 is 1.06 bits per heavy atom. The van der Waals surface area contributed by atoms with E-state index in [1.807, 2.05) is 0 Å². The van der Waals surface area contributed by atoms with Crippen LogP contribution in [-0.4, -0.2) is 29.3 Å². The molecule has 0 heterocycles. The fourth-order valence-corrected chi connectivity index (χ4v) is 1.72. The van der Waals surface area contributed by atoms with Crippen LogP contribution in [0.25, 0.3) is 0 Å². The van der Waals surface area contributed by atoms with E-state index in [0.717, 1.165) is 0 Å². The lowest BCUT2D eigenvalue weighted by atomic mass is 9.89. The lowest BCUT2D eigenvalue weighted by molar-refractivity contribution is -0.140. The predicted octanol–water partition coefficient (Wildman–Crippen LogP) is 2.07. The molecule has 0 aliphatic heterocycles. The van der Waals surface area contributed by atoms with E-state index in [1.165, 1.54) is 21.0 Å². The number of ether oxygens (including phenoxy) is 1. The number of carboxylic acid groups (broad SMARTS) is 2. The summed E-state index contributed by atoms with van der Waals surface area (Å²) in [6, 6.07) is 4.81. The minimum atomic E-state index is -0.998. The molecule has 0 aromatic heterocycles. The first-order valence-electron chi connectivity index (χ1n) is 5.52. The van der Waals surface area contributed by atoms with Gasteiger partial charge in [-0.15, -0.1) is 0 Å². The van der Waals surface area contributed by atoms with Crippen molar-refractivity contribution >= 4 is 11.9 Å². The molecule has 98 valence electrons. The zero-order chi connectivity index (χ0) is 13.9. The molecule has 0 radical (unpaired) electrons. The van der Waals surface area contributed by atoms with Crippen LogP contribution < -0.4 is 4.74 Å². The normalized spacial score (nSPS) is 13.7. The molecule has 1 rings (SSSR count). The molecule has 2 unspecified atom stereocenters. The molecule has 0 bridgehead atoms. The molecular weight excluding hydrogens is 236 g/mol. The number of rotatable bonds is 5. The maximum atomic E-state index is 11.1. The maximum absolute atomic E-state index is 11.1. The highest BCUT2D eigenvalue weighted by Crippen LogP contribution is 2.30. The number of hydrogen-bond acceptors (Lipinski definition) is 3. The topological polar surface area (TPSA) is 83.8 Å². The van der Waals surface area contributed by atoms with E-state index in [0.29, 0.717) is 16.9 Å². The second kappa shape index (κ2) is 5.53. The average Bonchev–Trinajstić information content (AvgIpc) is 2.35. The van der Waals surface area contributed by atoms with Crippen LogP contribution in [0.15, 0.2) is 18.2 Å². The number of carbonyl (C=O) groups is 2. The molecule has 0 fully saturated rings. The number of aliphatic carboxylic acids is 2. The lowest BCUT2D eigenvalue weighted by Crippen LogP contribution is -2.15. The smallest absolute Gasteiger partial charge is 0.310 e. The van der Waals surface area contributed by atoms with Crippen molar-refractivity contribution in [3.05, 3.63) is 29.3 Å². The monoisotopic (exact) mass is 252 g/mol. The standard InChI is InChI=1S/C13H16O5/c1-7(12(14)15)10-5-4-9(18-3)6-11(10)8(2)13(16)17/h4-8H,1-3H3,(H,14,15)(H,16,17). The highest BCUT2D eigenvalue weighted by molar-refractivity contribution is 5.80. The number of methoxy groups -OCH3 is 1. The van der Waals surface area contributed by atoms with Crippen molar-refractivity contribution in [1.82, 2.24) is 0 Å². The van der Waals surface area contributed by atoms with Crippen molar-refractivity contribution in [3.8, 4) is 5.75 Å². The van der Waals surface area contributed by atoms with Crippen LogP contribution in [0.1, 0.15) is 36.8 Å². The summed E-state index contributed by atoms with van der Waals surface area (Å²) in [6.07, 6.45) is 0. The third-order valence-corrected chi connectivity index (χ3v) is 2.97. The summed E-state index contributed by atoms with van der Waals surface area (Å²) < 4.78 is 5.04. The molecule has 1 aromatic carbocycles. The Morgan fingerprint density at radius 2 is 1.56 bits per heavy atom. The van der Waals surface area contributed by atoms with Crippen molar-refractivity contribution < 1.29 is 24.5 Å². The fraction of sp³-hybridized carbons (Fsp3) is 0.385. The summed E-state index contributed by atoms with van der Waals surface area (Å²) in [5.74, 6) is -3.01. The second-order valence-corrected chi connectivity index (χ2v) is 4.11. The van der Waals surface area contributed by atoms with Crippen molar-refractivity contribution in [2.75, 3.05) is 7.11 Å². The van der Waals surface area contributed by atoms with Gasteiger partial charge in [-0.3, -0.25) is 9.59 Å². The fourth-order valence-electron chi connectivity index (χ4n) is 1.72. The van der Waals surface area contributed by atoms with Gasteiger partial charge in [0.2, 0.25) is 0 Å². The number of benzene rings is 1. The Morgan fingerprint density at radius 3 is 2.00 bits per heavy atom. The van der Waals surface area contributed by atoms with E-state index in [-0.39, 0.29) is 0 Å². The van der Waals surface area contributed by atoms with Gasteiger partial charge in [-0.05, 0) is 37.1 Å². The van der Waals surface area contributed by atoms with E-state index in [1.54, 1.807) is 18.2 Å². The summed E-state index contributed by atoms with van der Waals surface area (Å²) in [5, 5.41) is 18.1. The van der Waals surface area contributed by atoms with Crippen LogP contribution in [-0.2, 0) is 9.59 Å². The van der Waals surface area contributed by atoms with Gasteiger partial charge in [-0.25, -0.2) is 0 Å². The van der Waals surface area contributed by atoms with Gasteiger partial charge in [0.1, 0.15) is 5.75 Å². The first kappa shape index (κ1) is 14.0. The Hall–Kier alpha value is -2.04. The van der Waals surface area contributed by atoms with E-state index in [4.69, 9.17) is 14.9 Å². The molecule has 0 saturated heterocycles. The van der Waals surface area contributed by atoms with Crippen molar-refractivity contribution in [2.24, 2.45) is 0 Å². The number of hydrogen-bond donors (Lipinski definition) is 2. The van der Waals surface area contributed by atoms with Crippen LogP contribution in [0, 0.1) is 0 Å². The highest BCUT2D eigenvalue weighted by Gasteiger charge is 2.24. The van der Waals surface area contributed by atoms with Crippen LogP contribution in [0.3, 0.4) is 0 Å². The SMILES string of the molecule is COc1ccc(C(C)C(=O)O)c(C(C)C(=O)O)c1. The molecule has 1 aromatic rings. The van der Waals surface area contributed by atoms with Gasteiger partial charge in [-0.2, -0.15) is 0 Å². The number of carboxylic acids is 2. The minimum Gasteiger partial charge on any atom is -0.497 e. The van der Waals surface area contributed by atoms with Gasteiger partial charge in [0.15, 0.2) is 0 Å². The van der Waals surface area contributed by atoms with Gasteiger partial charge < -0.3 is 14.9 Å². The summed E-state index contributed by atoms with van der Waals surface area (Å²) in [6.45, 7) is 3.05. The summed E-state index contributed by atoms with van der Waals surface area (Å²) in [5.41, 5.74) is 0.968. The van der Waals surface area contributed by atoms with Gasteiger partial charge >= 0.3 is 11.9 Å². The largest absolute Gasteiger partial charge is 0.497 e. The molecule has 5 heteroatoms. The lowest BCUT2D eigenvalue weighted by Gasteiger charge is -2.17. The van der Waals surface area contributed by atoms with E-state index < -0.39 is 23.8 Å². The Kier molecular flexibility index (Phi) is 4.31. The van der Waals surface area contributed by atoms with Gasteiger partial charge in [0.05, 0.1) is 18.9 Å². The first-order valence-corrected chi connectivity index (χ1v) is 5.52. The molecule has 0 aliphatic carbocycles. The zero-order valence-corrected chi connectivity index (χ0v) is 10.5. The molecule has 5 nitrogen and oxygen atoms in total.